The normalized spacial score (nSPS) is 25.1. The van der Waals surface area contributed by atoms with E-state index in [0.717, 1.165) is 5.70 Å². The molecule has 224 valence electrons. The first kappa shape index (κ1) is 28.9. The zero-order valence-corrected chi connectivity index (χ0v) is 24.5. The summed E-state index contributed by atoms with van der Waals surface area (Å²) < 4.78 is 65.2. The van der Waals surface area contributed by atoms with E-state index < -0.39 is 28.2 Å². The maximum Gasteiger partial charge on any atom is 0.333 e. The zero-order chi connectivity index (χ0) is 29.6. The highest BCUT2D eigenvalue weighted by Crippen LogP contribution is 2.47. The van der Waals surface area contributed by atoms with E-state index in [9.17, 15) is 26.4 Å². The van der Waals surface area contributed by atoms with Gasteiger partial charge in [-0.1, -0.05) is 29.4 Å². The van der Waals surface area contributed by atoms with Crippen molar-refractivity contribution in [3.05, 3.63) is 69.9 Å². The number of aliphatic imine (C=N–C) groups is 1. The van der Waals surface area contributed by atoms with E-state index in [1.165, 1.54) is 41.1 Å². The molecule has 10 nitrogen and oxygen atoms in total. The molecule has 0 spiro atoms. The van der Waals surface area contributed by atoms with Crippen molar-refractivity contribution < 1.29 is 26.4 Å². The maximum absolute atomic E-state index is 14.0. The number of urea groups is 1. The van der Waals surface area contributed by atoms with Crippen molar-refractivity contribution in [2.75, 3.05) is 37.7 Å². The van der Waals surface area contributed by atoms with Crippen molar-refractivity contribution in [2.24, 2.45) is 10.9 Å². The molecule has 0 bridgehead atoms. The smallest absolute Gasteiger partial charge is 0.333 e. The van der Waals surface area contributed by atoms with Gasteiger partial charge in [-0.2, -0.15) is 13.9 Å². The Labute approximate surface area is 249 Å². The van der Waals surface area contributed by atoms with Crippen molar-refractivity contribution >= 4 is 50.6 Å². The first-order chi connectivity index (χ1) is 20.1. The molecule has 2 amide bonds. The molecular formula is C26H27ClF3N7O3S2. The third-order valence-corrected chi connectivity index (χ3v) is 10.5. The van der Waals surface area contributed by atoms with Crippen LogP contribution in [-0.2, 0) is 9.84 Å². The molecule has 42 heavy (non-hydrogen) atoms. The van der Waals surface area contributed by atoms with Crippen LogP contribution >= 0.6 is 23.4 Å². The average molecular weight is 642 g/mol. The quantitative estimate of drug-likeness (QED) is 0.493. The van der Waals surface area contributed by atoms with Crippen molar-refractivity contribution in [3.8, 4) is 0 Å². The molecule has 4 aliphatic heterocycles. The summed E-state index contributed by atoms with van der Waals surface area (Å²) in [4.78, 5) is 21.4. The number of nitrogens with one attached hydrogen (secondary N) is 2. The Balaban J connectivity index is 1.34. The van der Waals surface area contributed by atoms with Gasteiger partial charge in [-0.25, -0.2) is 22.3 Å². The molecular weight excluding hydrogens is 615 g/mol. The molecule has 2 saturated heterocycles. The lowest BCUT2D eigenvalue weighted by atomic mass is 9.91. The van der Waals surface area contributed by atoms with Crippen molar-refractivity contribution in [1.29, 1.82) is 0 Å². The summed E-state index contributed by atoms with van der Waals surface area (Å²) in [5.41, 5.74) is 2.20. The second kappa shape index (κ2) is 11.5. The summed E-state index contributed by atoms with van der Waals surface area (Å²) >= 11 is 8.03. The summed E-state index contributed by atoms with van der Waals surface area (Å²) in [5.74, 6) is -0.0189. The molecule has 0 saturated carbocycles. The van der Waals surface area contributed by atoms with Gasteiger partial charge >= 0.3 is 12.6 Å². The lowest BCUT2D eigenvalue weighted by Crippen LogP contribution is -2.49. The van der Waals surface area contributed by atoms with Crippen molar-refractivity contribution in [3.63, 3.8) is 0 Å². The number of aromatic nitrogens is 2. The fraction of sp³-hybridized carbons (Fsp3) is 0.423. The molecule has 2 fully saturated rings. The number of benzene rings is 1. The minimum Gasteiger partial charge on any atom is -0.372 e. The minimum atomic E-state index is -3.12. The highest BCUT2D eigenvalue weighted by molar-refractivity contribution is 8.03. The number of amidine groups is 1. The van der Waals surface area contributed by atoms with Crippen LogP contribution in [0.25, 0.3) is 5.57 Å². The van der Waals surface area contributed by atoms with Gasteiger partial charge in [0.05, 0.1) is 17.2 Å². The predicted molar refractivity (Wildman–Crippen MR) is 154 cm³/mol. The number of hydrogen-bond acceptors (Lipinski definition) is 8. The molecule has 0 aliphatic carbocycles. The number of fused-ring (bicyclic) bond motifs is 1. The van der Waals surface area contributed by atoms with Gasteiger partial charge in [-0.05, 0) is 35.9 Å². The van der Waals surface area contributed by atoms with Gasteiger partial charge in [0.15, 0.2) is 9.84 Å². The highest BCUT2D eigenvalue weighted by atomic mass is 35.5. The third kappa shape index (κ3) is 5.73. The van der Waals surface area contributed by atoms with Gasteiger partial charge in [0.2, 0.25) is 0 Å². The third-order valence-electron chi connectivity index (χ3n) is 7.65. The average Bonchev–Trinajstić information content (AvgIpc) is 3.72. The van der Waals surface area contributed by atoms with E-state index in [0.29, 0.717) is 46.9 Å². The molecule has 3 atom stereocenters. The first-order valence-electron chi connectivity index (χ1n) is 13.3. The number of sulfone groups is 1. The molecule has 4 aliphatic rings. The molecule has 6 rings (SSSR count). The largest absolute Gasteiger partial charge is 0.372 e. The van der Waals surface area contributed by atoms with Crippen LogP contribution in [0.3, 0.4) is 0 Å². The zero-order valence-electron chi connectivity index (χ0n) is 22.1. The van der Waals surface area contributed by atoms with Crippen LogP contribution in [0.15, 0.2) is 52.8 Å². The monoisotopic (exact) mass is 641 g/mol. The van der Waals surface area contributed by atoms with Gasteiger partial charge < -0.3 is 20.4 Å². The summed E-state index contributed by atoms with van der Waals surface area (Å²) in [6, 6.07) is 4.45. The SMILES string of the molecule is O=C(NC[C@H]1CC2=C(c3ccn(C(F)F)n3)[C@H](c3ccc(F)cc3Cl)N=C(C3NC=CS3)N2C1)N1CCS(=O)(=O)CC1. The van der Waals surface area contributed by atoms with Gasteiger partial charge in [-0.3, -0.25) is 4.99 Å². The van der Waals surface area contributed by atoms with Crippen molar-refractivity contribution in [1.82, 2.24) is 30.2 Å². The van der Waals surface area contributed by atoms with E-state index >= 15 is 0 Å². The number of rotatable bonds is 6. The van der Waals surface area contributed by atoms with Gasteiger partial charge in [0.1, 0.15) is 23.1 Å². The lowest BCUT2D eigenvalue weighted by molar-refractivity contribution is 0.0564. The molecule has 2 N–H and O–H groups in total. The number of alkyl halides is 2. The Morgan fingerprint density at radius 3 is 2.69 bits per heavy atom. The molecule has 2 aromatic rings. The maximum atomic E-state index is 14.0. The first-order valence-corrected chi connectivity index (χ1v) is 16.4. The Hall–Kier alpha value is -3.17. The fourth-order valence-electron chi connectivity index (χ4n) is 5.58. The van der Waals surface area contributed by atoms with Crippen LogP contribution in [0.1, 0.15) is 30.3 Å². The summed E-state index contributed by atoms with van der Waals surface area (Å²) in [5, 5.41) is 12.2. The van der Waals surface area contributed by atoms with Crippen LogP contribution in [0, 0.1) is 11.7 Å². The molecule has 16 heteroatoms. The predicted octanol–water partition coefficient (Wildman–Crippen LogP) is 3.83. The van der Waals surface area contributed by atoms with Gasteiger partial charge in [0.25, 0.3) is 0 Å². The van der Waals surface area contributed by atoms with E-state index in [2.05, 4.69) is 15.7 Å². The molecule has 5 heterocycles. The van der Waals surface area contributed by atoms with Crippen LogP contribution in [0.2, 0.25) is 5.02 Å². The number of carbonyl (C=O) groups excluding carboxylic acids is 1. The van der Waals surface area contributed by atoms with Crippen LogP contribution in [-0.4, -0.2) is 82.9 Å². The van der Waals surface area contributed by atoms with Crippen LogP contribution in [0.5, 0.6) is 0 Å². The second-order valence-corrected chi connectivity index (χ2v) is 14.1. The lowest BCUT2D eigenvalue weighted by Gasteiger charge is -2.35. The molecule has 1 unspecified atom stereocenters. The fourth-order valence-corrected chi connectivity index (χ4v) is 7.83. The van der Waals surface area contributed by atoms with Crippen molar-refractivity contribution in [2.45, 2.75) is 24.4 Å². The Morgan fingerprint density at radius 1 is 1.24 bits per heavy atom. The highest BCUT2D eigenvalue weighted by Gasteiger charge is 2.42. The number of hydrogen-bond donors (Lipinski definition) is 2. The number of allylic oxidation sites excluding steroid dienone is 1. The second-order valence-electron chi connectivity index (χ2n) is 10.4. The Morgan fingerprint density at radius 2 is 2.02 bits per heavy atom. The van der Waals surface area contributed by atoms with E-state index in [1.54, 1.807) is 6.07 Å². The molecule has 0 radical (unpaired) electrons. The summed E-state index contributed by atoms with van der Waals surface area (Å²) in [7, 11) is -3.12. The Bertz CT molecular complexity index is 1570. The number of nitrogens with zero attached hydrogens (tertiary/aromatic N) is 5. The molecule has 1 aromatic heterocycles. The van der Waals surface area contributed by atoms with Gasteiger partial charge in [-0.15, -0.1) is 0 Å². The van der Waals surface area contributed by atoms with E-state index in [-0.39, 0.29) is 46.9 Å². The number of thioether (sulfide) groups is 1. The van der Waals surface area contributed by atoms with Crippen LogP contribution in [0.4, 0.5) is 18.0 Å². The standard InChI is InChI=1S/C26H27ClF3N7O3S2/c27-18-12-16(28)1-2-17(18)22-21(19-3-5-37(34-19)25(29)30)20-11-15(14-36(20)23(33-22)24-31-4-8-41-24)13-32-26(38)35-6-9-42(39,40)10-7-35/h1-5,8,12,15,22,24-25,31H,6-7,9-11,13-14H2,(H,32,38)/t15-,22+,24?/m1/s1. The molecule has 1 aromatic carbocycles. The topological polar surface area (TPSA) is 112 Å². The number of carbonyl (C=O) groups is 1. The van der Waals surface area contributed by atoms with E-state index in [1.807, 2.05) is 16.5 Å². The Kier molecular flexibility index (Phi) is 7.91. The van der Waals surface area contributed by atoms with E-state index in [4.69, 9.17) is 16.6 Å². The van der Waals surface area contributed by atoms with Gasteiger partial charge in [0, 0.05) is 60.4 Å². The minimum absolute atomic E-state index is 0.0631. The number of amides is 2. The summed E-state index contributed by atoms with van der Waals surface area (Å²) in [6.07, 6.45) is 3.49. The number of halogens is 4. The van der Waals surface area contributed by atoms with Crippen LogP contribution < -0.4 is 10.6 Å². The summed E-state index contributed by atoms with van der Waals surface area (Å²) in [6.45, 7) is -1.76.